The van der Waals surface area contributed by atoms with Crippen LogP contribution >= 0.6 is 0 Å². The van der Waals surface area contributed by atoms with Gasteiger partial charge in [-0.3, -0.25) is 10.1 Å². The van der Waals surface area contributed by atoms with Gasteiger partial charge in [0.05, 0.1) is 17.7 Å². The van der Waals surface area contributed by atoms with E-state index in [1.165, 1.54) is 6.07 Å². The van der Waals surface area contributed by atoms with Crippen LogP contribution in [0.15, 0.2) is 45.5 Å². The highest BCUT2D eigenvalue weighted by Crippen LogP contribution is 2.30. The Morgan fingerprint density at radius 2 is 2.23 bits per heavy atom. The molecular formula is C14H12N4O4. The van der Waals surface area contributed by atoms with E-state index in [2.05, 4.69) is 15.5 Å². The van der Waals surface area contributed by atoms with E-state index in [4.69, 9.17) is 8.94 Å². The van der Waals surface area contributed by atoms with Gasteiger partial charge >= 0.3 is 0 Å². The number of furan rings is 1. The first-order valence-corrected chi connectivity index (χ1v) is 6.49. The Kier molecular flexibility index (Phi) is 3.57. The third-order valence-corrected chi connectivity index (χ3v) is 3.00. The summed E-state index contributed by atoms with van der Waals surface area (Å²) in [6.07, 6.45) is 1.55. The maximum atomic E-state index is 11.2. The molecule has 0 aliphatic carbocycles. The van der Waals surface area contributed by atoms with E-state index in [1.807, 2.05) is 0 Å². The Labute approximate surface area is 124 Å². The van der Waals surface area contributed by atoms with Crippen molar-refractivity contribution in [2.45, 2.75) is 13.5 Å². The molecular weight excluding hydrogens is 288 g/mol. The molecule has 0 aliphatic rings. The van der Waals surface area contributed by atoms with Gasteiger partial charge in [-0.25, -0.2) is 0 Å². The first-order chi connectivity index (χ1) is 10.6. The van der Waals surface area contributed by atoms with Crippen LogP contribution in [0.3, 0.4) is 0 Å². The lowest BCUT2D eigenvalue weighted by molar-refractivity contribution is -0.383. The third-order valence-electron chi connectivity index (χ3n) is 3.00. The Morgan fingerprint density at radius 3 is 2.86 bits per heavy atom. The Balaban J connectivity index is 1.88. The van der Waals surface area contributed by atoms with E-state index in [0.717, 1.165) is 0 Å². The normalized spacial score (nSPS) is 10.6. The molecule has 22 heavy (non-hydrogen) atoms. The minimum Gasteiger partial charge on any atom is -0.467 e. The zero-order valence-corrected chi connectivity index (χ0v) is 11.6. The Hall–Kier alpha value is -3.16. The van der Waals surface area contributed by atoms with Gasteiger partial charge in [-0.1, -0.05) is 5.16 Å². The van der Waals surface area contributed by atoms with Crippen molar-refractivity contribution in [3.63, 3.8) is 0 Å². The molecule has 0 bridgehead atoms. The van der Waals surface area contributed by atoms with Crippen LogP contribution in [0.25, 0.3) is 11.5 Å². The fraction of sp³-hybridized carbons (Fsp3) is 0.143. The highest BCUT2D eigenvalue weighted by atomic mass is 16.6. The van der Waals surface area contributed by atoms with Crippen LogP contribution in [0, 0.1) is 17.0 Å². The van der Waals surface area contributed by atoms with E-state index in [-0.39, 0.29) is 11.6 Å². The van der Waals surface area contributed by atoms with Crippen LogP contribution in [0.1, 0.15) is 11.6 Å². The molecule has 3 aromatic rings. The minimum absolute atomic E-state index is 0.0695. The second-order valence-corrected chi connectivity index (χ2v) is 4.57. The predicted molar refractivity (Wildman–Crippen MR) is 77.2 cm³/mol. The molecule has 0 radical (unpaired) electrons. The lowest BCUT2D eigenvalue weighted by Crippen LogP contribution is -2.02. The first-order valence-electron chi connectivity index (χ1n) is 6.49. The molecule has 3 rings (SSSR count). The van der Waals surface area contributed by atoms with E-state index in [0.29, 0.717) is 29.4 Å². The van der Waals surface area contributed by atoms with E-state index >= 15 is 0 Å². The Morgan fingerprint density at radius 1 is 1.36 bits per heavy atom. The number of aromatic nitrogens is 2. The molecule has 2 heterocycles. The molecule has 112 valence electrons. The number of nitrogens with one attached hydrogen (secondary N) is 1. The summed E-state index contributed by atoms with van der Waals surface area (Å²) in [6, 6.07) is 8.23. The molecule has 0 atom stereocenters. The van der Waals surface area contributed by atoms with Crippen molar-refractivity contribution in [3.8, 4) is 11.5 Å². The van der Waals surface area contributed by atoms with Crippen LogP contribution in [0.5, 0.6) is 0 Å². The van der Waals surface area contributed by atoms with Gasteiger partial charge < -0.3 is 14.3 Å². The van der Waals surface area contributed by atoms with Gasteiger partial charge in [0.1, 0.15) is 11.4 Å². The quantitative estimate of drug-likeness (QED) is 0.569. The molecule has 1 N–H and O–H groups in total. The molecule has 8 heteroatoms. The lowest BCUT2D eigenvalue weighted by Gasteiger charge is -2.06. The van der Waals surface area contributed by atoms with Crippen molar-refractivity contribution < 1.29 is 13.9 Å². The van der Waals surface area contributed by atoms with Crippen molar-refractivity contribution in [3.05, 3.63) is 58.3 Å². The summed E-state index contributed by atoms with van der Waals surface area (Å²) in [5.74, 6) is 1.40. The average Bonchev–Trinajstić information content (AvgIpc) is 3.16. The van der Waals surface area contributed by atoms with Crippen molar-refractivity contribution in [2.75, 3.05) is 5.32 Å². The van der Waals surface area contributed by atoms with Crippen LogP contribution in [-0.2, 0) is 6.54 Å². The van der Waals surface area contributed by atoms with Crippen LogP contribution in [-0.4, -0.2) is 15.1 Å². The van der Waals surface area contributed by atoms with Crippen molar-refractivity contribution in [2.24, 2.45) is 0 Å². The number of hydrogen-bond donors (Lipinski definition) is 1. The van der Waals surface area contributed by atoms with Gasteiger partial charge in [0, 0.05) is 11.6 Å². The summed E-state index contributed by atoms with van der Waals surface area (Å²) in [5.41, 5.74) is 0.817. The molecule has 0 amide bonds. The van der Waals surface area contributed by atoms with Crippen LogP contribution < -0.4 is 5.32 Å². The van der Waals surface area contributed by atoms with Crippen LogP contribution in [0.2, 0.25) is 0 Å². The number of nitro groups is 1. The average molecular weight is 300 g/mol. The molecule has 8 nitrogen and oxygen atoms in total. The van der Waals surface area contributed by atoms with Gasteiger partial charge in [-0.05, 0) is 31.2 Å². The largest absolute Gasteiger partial charge is 0.467 e. The number of benzene rings is 1. The second kappa shape index (κ2) is 5.68. The van der Waals surface area contributed by atoms with Crippen LogP contribution in [0.4, 0.5) is 11.4 Å². The van der Waals surface area contributed by atoms with E-state index in [1.54, 1.807) is 37.5 Å². The third kappa shape index (κ3) is 2.80. The number of nitrogens with zero attached hydrogens (tertiary/aromatic N) is 3. The van der Waals surface area contributed by atoms with Gasteiger partial charge in [-0.2, -0.15) is 4.98 Å². The summed E-state index contributed by atoms with van der Waals surface area (Å²) in [7, 11) is 0. The van der Waals surface area contributed by atoms with E-state index < -0.39 is 4.92 Å². The highest BCUT2D eigenvalue weighted by Gasteiger charge is 2.17. The summed E-state index contributed by atoms with van der Waals surface area (Å²) in [6.45, 7) is 2.04. The second-order valence-electron chi connectivity index (χ2n) is 4.57. The number of anilines is 1. The standard InChI is InChI=1S/C14H12N4O4/c1-9-16-14(22-17-9)10-4-5-12(13(7-10)18(19)20)15-8-11-3-2-6-21-11/h2-7,15H,8H2,1H3. The molecule has 0 aliphatic heterocycles. The zero-order chi connectivity index (χ0) is 15.5. The SMILES string of the molecule is Cc1noc(-c2ccc(NCc3ccco3)c([N+](=O)[O-])c2)n1. The predicted octanol–water partition coefficient (Wildman–Crippen LogP) is 3.16. The minimum atomic E-state index is -0.461. The van der Waals surface area contributed by atoms with Gasteiger partial charge in [0.25, 0.3) is 11.6 Å². The summed E-state index contributed by atoms with van der Waals surface area (Å²) >= 11 is 0. The molecule has 1 aromatic carbocycles. The number of nitro benzene ring substituents is 1. The maximum absolute atomic E-state index is 11.2. The summed E-state index contributed by atoms with van der Waals surface area (Å²) in [4.78, 5) is 14.8. The fourth-order valence-electron chi connectivity index (χ4n) is 1.98. The molecule has 0 unspecified atom stereocenters. The topological polar surface area (TPSA) is 107 Å². The smallest absolute Gasteiger partial charge is 0.293 e. The molecule has 2 aromatic heterocycles. The summed E-state index contributed by atoms with van der Waals surface area (Å²) in [5, 5.41) is 17.9. The van der Waals surface area contributed by atoms with E-state index in [9.17, 15) is 10.1 Å². The first kappa shape index (κ1) is 13.8. The number of aryl methyl sites for hydroxylation is 1. The number of rotatable bonds is 5. The van der Waals surface area contributed by atoms with Crippen molar-refractivity contribution >= 4 is 11.4 Å². The monoisotopic (exact) mass is 300 g/mol. The molecule has 0 saturated heterocycles. The molecule has 0 fully saturated rings. The molecule has 0 saturated carbocycles. The maximum Gasteiger partial charge on any atom is 0.293 e. The fourth-order valence-corrected chi connectivity index (χ4v) is 1.98. The summed E-state index contributed by atoms with van der Waals surface area (Å²) < 4.78 is 10.2. The number of hydrogen-bond acceptors (Lipinski definition) is 7. The molecule has 0 spiro atoms. The van der Waals surface area contributed by atoms with Crippen molar-refractivity contribution in [1.82, 2.24) is 10.1 Å². The van der Waals surface area contributed by atoms with Gasteiger partial charge in [-0.15, -0.1) is 0 Å². The van der Waals surface area contributed by atoms with Gasteiger partial charge in [0.15, 0.2) is 5.82 Å². The van der Waals surface area contributed by atoms with Crippen molar-refractivity contribution in [1.29, 1.82) is 0 Å². The Bertz CT molecular complexity index is 795. The zero-order valence-electron chi connectivity index (χ0n) is 11.6. The highest BCUT2D eigenvalue weighted by molar-refractivity contribution is 5.69. The lowest BCUT2D eigenvalue weighted by atomic mass is 10.1. The van der Waals surface area contributed by atoms with Gasteiger partial charge in [0.2, 0.25) is 0 Å².